The lowest BCUT2D eigenvalue weighted by Gasteiger charge is -2.29. The van der Waals surface area contributed by atoms with E-state index in [9.17, 15) is 9.59 Å². The summed E-state index contributed by atoms with van der Waals surface area (Å²) in [5.41, 5.74) is 3.10. The van der Waals surface area contributed by atoms with Gasteiger partial charge in [0.05, 0.1) is 6.04 Å². The molecule has 138 valence electrons. The summed E-state index contributed by atoms with van der Waals surface area (Å²) in [5, 5.41) is 0. The second kappa shape index (κ2) is 9.18. The smallest absolute Gasteiger partial charge is 0.228 e. The first kappa shape index (κ1) is 19.7. The predicted octanol–water partition coefficient (Wildman–Crippen LogP) is 4.35. The second-order valence-corrected chi connectivity index (χ2v) is 6.53. The van der Waals surface area contributed by atoms with E-state index in [0.717, 1.165) is 16.8 Å². The normalized spacial score (nSPS) is 11.7. The maximum Gasteiger partial charge on any atom is 0.228 e. The van der Waals surface area contributed by atoms with Gasteiger partial charge in [0.15, 0.2) is 0 Å². The Labute approximate surface area is 156 Å². The number of hydrogen-bond acceptors (Lipinski definition) is 2. The van der Waals surface area contributed by atoms with E-state index >= 15 is 0 Å². The molecular weight excluding hydrogens is 324 g/mol. The standard InChI is InChI=1S/C22H28N2O2/c1-5-23(21-13-9-10-17(2)16-21)22(26)14-15-24(19(4)25)18(3)20-11-7-6-8-12-20/h6-13,16,18H,5,14-15H2,1-4H3. The number of carbonyl (C=O) groups excluding carboxylic acids is 2. The number of nitrogens with zero attached hydrogens (tertiary/aromatic N) is 2. The Balaban J connectivity index is 2.08. The molecule has 2 aromatic carbocycles. The van der Waals surface area contributed by atoms with Gasteiger partial charge in [-0.2, -0.15) is 0 Å². The fourth-order valence-electron chi connectivity index (χ4n) is 3.19. The van der Waals surface area contributed by atoms with Gasteiger partial charge in [0, 0.05) is 32.1 Å². The van der Waals surface area contributed by atoms with Crippen molar-refractivity contribution in [2.24, 2.45) is 0 Å². The minimum Gasteiger partial charge on any atom is -0.336 e. The van der Waals surface area contributed by atoms with E-state index in [-0.39, 0.29) is 17.9 Å². The summed E-state index contributed by atoms with van der Waals surface area (Å²) in [7, 11) is 0. The lowest BCUT2D eigenvalue weighted by atomic mass is 10.1. The Bertz CT molecular complexity index is 743. The van der Waals surface area contributed by atoms with E-state index in [1.807, 2.05) is 75.4 Å². The highest BCUT2D eigenvalue weighted by atomic mass is 16.2. The number of carbonyl (C=O) groups is 2. The molecule has 0 aliphatic rings. The summed E-state index contributed by atoms with van der Waals surface area (Å²) in [5.74, 6) is 0.0115. The average Bonchev–Trinajstić information content (AvgIpc) is 2.63. The minimum absolute atomic E-state index is 0.0206. The fourth-order valence-corrected chi connectivity index (χ4v) is 3.19. The molecule has 2 amide bonds. The second-order valence-electron chi connectivity index (χ2n) is 6.53. The highest BCUT2D eigenvalue weighted by molar-refractivity contribution is 5.93. The lowest BCUT2D eigenvalue weighted by Crippen LogP contribution is -2.37. The third-order valence-electron chi connectivity index (χ3n) is 4.65. The molecule has 26 heavy (non-hydrogen) atoms. The summed E-state index contributed by atoms with van der Waals surface area (Å²) in [6.45, 7) is 8.56. The van der Waals surface area contributed by atoms with E-state index in [4.69, 9.17) is 0 Å². The largest absolute Gasteiger partial charge is 0.336 e. The van der Waals surface area contributed by atoms with Crippen LogP contribution in [0.5, 0.6) is 0 Å². The SMILES string of the molecule is CCN(C(=O)CCN(C(C)=O)C(C)c1ccccc1)c1cccc(C)c1. The Hall–Kier alpha value is -2.62. The monoisotopic (exact) mass is 352 g/mol. The Morgan fingerprint density at radius 1 is 1.04 bits per heavy atom. The summed E-state index contributed by atoms with van der Waals surface area (Å²) in [6, 6.07) is 17.8. The van der Waals surface area contributed by atoms with Crippen molar-refractivity contribution >= 4 is 17.5 Å². The van der Waals surface area contributed by atoms with Crippen LogP contribution in [0.25, 0.3) is 0 Å². The van der Waals surface area contributed by atoms with Crippen LogP contribution < -0.4 is 4.90 Å². The molecule has 0 radical (unpaired) electrons. The highest BCUT2D eigenvalue weighted by Crippen LogP contribution is 2.21. The number of amides is 2. The zero-order valence-corrected chi connectivity index (χ0v) is 16.1. The number of anilines is 1. The van der Waals surface area contributed by atoms with Crippen LogP contribution in [0, 0.1) is 6.92 Å². The molecule has 2 aromatic rings. The van der Waals surface area contributed by atoms with Crippen molar-refractivity contribution in [1.82, 2.24) is 4.90 Å². The van der Waals surface area contributed by atoms with Gasteiger partial charge in [-0.05, 0) is 44.0 Å². The highest BCUT2D eigenvalue weighted by Gasteiger charge is 2.21. The molecule has 1 unspecified atom stereocenters. The first-order chi connectivity index (χ1) is 12.4. The molecule has 4 heteroatoms. The van der Waals surface area contributed by atoms with Crippen LogP contribution in [0.15, 0.2) is 54.6 Å². The molecule has 0 N–H and O–H groups in total. The summed E-state index contributed by atoms with van der Waals surface area (Å²) in [6.07, 6.45) is 0.304. The van der Waals surface area contributed by atoms with Crippen molar-refractivity contribution in [3.8, 4) is 0 Å². The number of aryl methyl sites for hydroxylation is 1. The van der Waals surface area contributed by atoms with Gasteiger partial charge in [0.1, 0.15) is 0 Å². The van der Waals surface area contributed by atoms with Crippen molar-refractivity contribution in [3.63, 3.8) is 0 Å². The van der Waals surface area contributed by atoms with Crippen LogP contribution >= 0.6 is 0 Å². The summed E-state index contributed by atoms with van der Waals surface area (Å²) in [4.78, 5) is 28.4. The van der Waals surface area contributed by atoms with Crippen LogP contribution in [0.1, 0.15) is 44.4 Å². The van der Waals surface area contributed by atoms with Crippen molar-refractivity contribution in [1.29, 1.82) is 0 Å². The van der Waals surface area contributed by atoms with Gasteiger partial charge in [-0.25, -0.2) is 0 Å². The molecule has 0 bridgehead atoms. The average molecular weight is 352 g/mol. The van der Waals surface area contributed by atoms with E-state index in [1.54, 1.807) is 16.7 Å². The van der Waals surface area contributed by atoms with Crippen LogP contribution in [-0.4, -0.2) is 29.8 Å². The predicted molar refractivity (Wildman–Crippen MR) is 106 cm³/mol. The van der Waals surface area contributed by atoms with Gasteiger partial charge in [0.25, 0.3) is 0 Å². The molecule has 0 saturated heterocycles. The zero-order valence-electron chi connectivity index (χ0n) is 16.1. The van der Waals surface area contributed by atoms with Gasteiger partial charge in [0.2, 0.25) is 11.8 Å². The van der Waals surface area contributed by atoms with Gasteiger partial charge >= 0.3 is 0 Å². The molecule has 0 spiro atoms. The number of benzene rings is 2. The van der Waals surface area contributed by atoms with Crippen LogP contribution in [-0.2, 0) is 9.59 Å². The van der Waals surface area contributed by atoms with Gasteiger partial charge < -0.3 is 9.80 Å². The fraction of sp³-hybridized carbons (Fsp3) is 0.364. The quantitative estimate of drug-likeness (QED) is 0.743. The Morgan fingerprint density at radius 2 is 1.73 bits per heavy atom. The van der Waals surface area contributed by atoms with Gasteiger partial charge in [-0.1, -0.05) is 42.5 Å². The molecule has 0 saturated carbocycles. The third kappa shape index (κ3) is 4.94. The van der Waals surface area contributed by atoms with Crippen molar-refractivity contribution in [3.05, 3.63) is 65.7 Å². The van der Waals surface area contributed by atoms with E-state index in [2.05, 4.69) is 0 Å². The lowest BCUT2D eigenvalue weighted by molar-refractivity contribution is -0.131. The van der Waals surface area contributed by atoms with Crippen LogP contribution in [0.4, 0.5) is 5.69 Å². The molecule has 0 fully saturated rings. The molecular formula is C22H28N2O2. The van der Waals surface area contributed by atoms with Crippen molar-refractivity contribution < 1.29 is 9.59 Å². The maximum absolute atomic E-state index is 12.8. The van der Waals surface area contributed by atoms with Gasteiger partial charge in [-0.15, -0.1) is 0 Å². The third-order valence-corrected chi connectivity index (χ3v) is 4.65. The minimum atomic E-state index is -0.0597. The molecule has 0 aliphatic carbocycles. The Morgan fingerprint density at radius 3 is 2.31 bits per heavy atom. The van der Waals surface area contributed by atoms with E-state index in [0.29, 0.717) is 19.5 Å². The van der Waals surface area contributed by atoms with Crippen LogP contribution in [0.2, 0.25) is 0 Å². The maximum atomic E-state index is 12.8. The number of rotatable bonds is 7. The Kier molecular flexibility index (Phi) is 6.96. The topological polar surface area (TPSA) is 40.6 Å². The van der Waals surface area contributed by atoms with E-state index < -0.39 is 0 Å². The van der Waals surface area contributed by atoms with Gasteiger partial charge in [-0.3, -0.25) is 9.59 Å². The first-order valence-electron chi connectivity index (χ1n) is 9.13. The van der Waals surface area contributed by atoms with Crippen molar-refractivity contribution in [2.75, 3.05) is 18.0 Å². The summed E-state index contributed by atoms with van der Waals surface area (Å²) < 4.78 is 0. The number of hydrogen-bond donors (Lipinski definition) is 0. The first-order valence-corrected chi connectivity index (χ1v) is 9.13. The molecule has 0 aromatic heterocycles. The van der Waals surface area contributed by atoms with Crippen LogP contribution in [0.3, 0.4) is 0 Å². The molecule has 0 heterocycles. The molecule has 0 aliphatic heterocycles. The summed E-state index contributed by atoms with van der Waals surface area (Å²) >= 11 is 0. The zero-order chi connectivity index (χ0) is 19.1. The van der Waals surface area contributed by atoms with E-state index in [1.165, 1.54) is 0 Å². The van der Waals surface area contributed by atoms with Crippen molar-refractivity contribution in [2.45, 2.75) is 40.2 Å². The molecule has 1 atom stereocenters. The molecule has 2 rings (SSSR count). The molecule has 4 nitrogen and oxygen atoms in total.